The Balaban J connectivity index is 2.14. The minimum Gasteiger partial charge on any atom is -0.493 e. The lowest BCUT2D eigenvalue weighted by Gasteiger charge is -2.08. The second-order valence-electron chi connectivity index (χ2n) is 4.88. The van der Waals surface area contributed by atoms with Crippen LogP contribution >= 0.6 is 0 Å². The van der Waals surface area contributed by atoms with Crippen LogP contribution in [0, 0.1) is 0 Å². The number of nitrogens with one attached hydrogen (secondary N) is 1. The summed E-state index contributed by atoms with van der Waals surface area (Å²) in [5.41, 5.74) is 1.04. The molecule has 1 aromatic rings. The van der Waals surface area contributed by atoms with Crippen molar-refractivity contribution in [3.8, 4) is 5.75 Å². The summed E-state index contributed by atoms with van der Waals surface area (Å²) in [5, 5.41) is 3.27. The van der Waals surface area contributed by atoms with Gasteiger partial charge in [0, 0.05) is 18.8 Å². The monoisotopic (exact) mass is 264 g/mol. The van der Waals surface area contributed by atoms with Crippen LogP contribution in [0.2, 0.25) is 0 Å². The smallest absolute Gasteiger partial charge is 0.122 e. The molecule has 3 nitrogen and oxygen atoms in total. The number of hydrogen-bond donors (Lipinski definition) is 1. The second kappa shape index (κ2) is 10.8. The van der Waals surface area contributed by atoms with E-state index in [0.717, 1.165) is 37.6 Å². The van der Waals surface area contributed by atoms with Crippen molar-refractivity contribution in [1.82, 2.24) is 10.3 Å². The van der Waals surface area contributed by atoms with Gasteiger partial charge in [-0.05, 0) is 19.0 Å². The van der Waals surface area contributed by atoms with Crippen molar-refractivity contribution in [2.24, 2.45) is 0 Å². The zero-order valence-electron chi connectivity index (χ0n) is 12.5. The fourth-order valence-corrected chi connectivity index (χ4v) is 1.97. The maximum absolute atomic E-state index is 5.77. The Morgan fingerprint density at radius 2 is 1.89 bits per heavy atom. The molecular formula is C16H28N2O. The summed E-state index contributed by atoms with van der Waals surface area (Å²) in [6.07, 6.45) is 9.60. The zero-order valence-corrected chi connectivity index (χ0v) is 12.5. The molecule has 0 unspecified atom stereocenters. The van der Waals surface area contributed by atoms with E-state index in [1.807, 2.05) is 18.3 Å². The highest BCUT2D eigenvalue weighted by molar-refractivity contribution is 5.22. The minimum atomic E-state index is 0.810. The topological polar surface area (TPSA) is 34.1 Å². The molecule has 1 rings (SSSR count). The van der Waals surface area contributed by atoms with E-state index in [4.69, 9.17) is 4.74 Å². The standard InChI is InChI=1S/C16H28N2O/c1-3-5-6-7-8-9-12-19-16-10-11-18-15(13-16)14-17-4-2/h10-11,13,17H,3-9,12,14H2,1-2H3. The van der Waals surface area contributed by atoms with Crippen molar-refractivity contribution >= 4 is 0 Å². The zero-order chi connectivity index (χ0) is 13.8. The quantitative estimate of drug-likeness (QED) is 0.615. The van der Waals surface area contributed by atoms with Crippen LogP contribution in [0.15, 0.2) is 18.3 Å². The molecule has 3 heteroatoms. The van der Waals surface area contributed by atoms with Crippen molar-refractivity contribution in [3.63, 3.8) is 0 Å². The van der Waals surface area contributed by atoms with Crippen LogP contribution in [0.1, 0.15) is 58.1 Å². The van der Waals surface area contributed by atoms with Gasteiger partial charge in [-0.25, -0.2) is 0 Å². The molecule has 0 aliphatic carbocycles. The molecule has 1 heterocycles. The predicted octanol–water partition coefficient (Wildman–Crippen LogP) is 3.93. The van der Waals surface area contributed by atoms with Crippen LogP contribution in [-0.2, 0) is 6.54 Å². The van der Waals surface area contributed by atoms with Gasteiger partial charge in [0.15, 0.2) is 0 Å². The first kappa shape index (κ1) is 16.0. The van der Waals surface area contributed by atoms with Gasteiger partial charge in [-0.2, -0.15) is 0 Å². The highest BCUT2D eigenvalue weighted by atomic mass is 16.5. The summed E-state index contributed by atoms with van der Waals surface area (Å²) in [6, 6.07) is 3.96. The maximum Gasteiger partial charge on any atom is 0.122 e. The third kappa shape index (κ3) is 7.83. The van der Waals surface area contributed by atoms with E-state index >= 15 is 0 Å². The van der Waals surface area contributed by atoms with E-state index in [1.54, 1.807) is 0 Å². The van der Waals surface area contributed by atoms with E-state index in [9.17, 15) is 0 Å². The average molecular weight is 264 g/mol. The molecule has 0 saturated heterocycles. The largest absolute Gasteiger partial charge is 0.493 e. The summed E-state index contributed by atoms with van der Waals surface area (Å²) in [6.45, 7) is 6.93. The van der Waals surface area contributed by atoms with E-state index < -0.39 is 0 Å². The van der Waals surface area contributed by atoms with Crippen molar-refractivity contribution in [2.75, 3.05) is 13.2 Å². The van der Waals surface area contributed by atoms with Gasteiger partial charge >= 0.3 is 0 Å². The summed E-state index contributed by atoms with van der Waals surface area (Å²) in [5.74, 6) is 0.941. The molecule has 0 spiro atoms. The van der Waals surface area contributed by atoms with Gasteiger partial charge in [0.25, 0.3) is 0 Å². The molecule has 0 radical (unpaired) electrons. The average Bonchev–Trinajstić information content (AvgIpc) is 2.44. The molecule has 1 N–H and O–H groups in total. The molecule has 0 fully saturated rings. The lowest BCUT2D eigenvalue weighted by molar-refractivity contribution is 0.303. The number of hydrogen-bond acceptors (Lipinski definition) is 3. The molecular weight excluding hydrogens is 236 g/mol. The van der Waals surface area contributed by atoms with E-state index in [2.05, 4.69) is 24.1 Å². The fourth-order valence-electron chi connectivity index (χ4n) is 1.97. The van der Waals surface area contributed by atoms with Gasteiger partial charge in [0.05, 0.1) is 12.3 Å². The van der Waals surface area contributed by atoms with Gasteiger partial charge < -0.3 is 10.1 Å². The number of pyridine rings is 1. The Kier molecular flexibility index (Phi) is 9.07. The van der Waals surface area contributed by atoms with Crippen LogP contribution in [0.5, 0.6) is 5.75 Å². The second-order valence-corrected chi connectivity index (χ2v) is 4.88. The first-order valence-corrected chi connectivity index (χ1v) is 7.65. The predicted molar refractivity (Wildman–Crippen MR) is 80.5 cm³/mol. The van der Waals surface area contributed by atoms with Crippen LogP contribution in [0.25, 0.3) is 0 Å². The molecule has 19 heavy (non-hydrogen) atoms. The molecule has 0 atom stereocenters. The SMILES string of the molecule is CCCCCCCCOc1ccnc(CNCC)c1. The van der Waals surface area contributed by atoms with E-state index in [0.29, 0.717) is 0 Å². The molecule has 0 aliphatic rings. The molecule has 0 aromatic carbocycles. The van der Waals surface area contributed by atoms with Crippen molar-refractivity contribution in [1.29, 1.82) is 0 Å². The number of nitrogens with zero attached hydrogens (tertiary/aromatic N) is 1. The number of ether oxygens (including phenoxy) is 1. The van der Waals surface area contributed by atoms with Crippen LogP contribution < -0.4 is 10.1 Å². The van der Waals surface area contributed by atoms with Crippen molar-refractivity contribution in [2.45, 2.75) is 58.9 Å². The highest BCUT2D eigenvalue weighted by Crippen LogP contribution is 2.12. The first-order valence-electron chi connectivity index (χ1n) is 7.65. The minimum absolute atomic E-state index is 0.810. The molecule has 0 bridgehead atoms. The van der Waals surface area contributed by atoms with Crippen LogP contribution in [0.4, 0.5) is 0 Å². The van der Waals surface area contributed by atoms with Crippen molar-refractivity contribution in [3.05, 3.63) is 24.0 Å². The van der Waals surface area contributed by atoms with Gasteiger partial charge in [-0.1, -0.05) is 46.0 Å². The first-order chi connectivity index (χ1) is 9.36. The van der Waals surface area contributed by atoms with Crippen LogP contribution in [0.3, 0.4) is 0 Å². The lowest BCUT2D eigenvalue weighted by Crippen LogP contribution is -2.12. The Morgan fingerprint density at radius 1 is 1.11 bits per heavy atom. The lowest BCUT2D eigenvalue weighted by atomic mass is 10.1. The number of unbranched alkanes of at least 4 members (excludes halogenated alkanes) is 5. The van der Waals surface area contributed by atoms with E-state index in [1.165, 1.54) is 32.1 Å². The van der Waals surface area contributed by atoms with Gasteiger partial charge in [0.1, 0.15) is 5.75 Å². The fraction of sp³-hybridized carbons (Fsp3) is 0.688. The summed E-state index contributed by atoms with van der Waals surface area (Å²) in [4.78, 5) is 4.31. The number of rotatable bonds is 11. The molecule has 108 valence electrons. The maximum atomic E-state index is 5.77. The highest BCUT2D eigenvalue weighted by Gasteiger charge is 1.98. The molecule has 0 amide bonds. The Bertz CT molecular complexity index is 328. The third-order valence-corrected chi connectivity index (χ3v) is 3.11. The Hall–Kier alpha value is -1.09. The summed E-state index contributed by atoms with van der Waals surface area (Å²) >= 11 is 0. The molecule has 0 aliphatic heterocycles. The summed E-state index contributed by atoms with van der Waals surface area (Å²) in [7, 11) is 0. The van der Waals surface area contributed by atoms with Gasteiger partial charge in [-0.3, -0.25) is 4.98 Å². The molecule has 0 saturated carbocycles. The van der Waals surface area contributed by atoms with Gasteiger partial charge in [0.2, 0.25) is 0 Å². The van der Waals surface area contributed by atoms with E-state index in [-0.39, 0.29) is 0 Å². The third-order valence-electron chi connectivity index (χ3n) is 3.11. The van der Waals surface area contributed by atoms with Gasteiger partial charge in [-0.15, -0.1) is 0 Å². The number of aromatic nitrogens is 1. The van der Waals surface area contributed by atoms with Crippen LogP contribution in [-0.4, -0.2) is 18.1 Å². The van der Waals surface area contributed by atoms with Crippen molar-refractivity contribution < 1.29 is 4.74 Å². The molecule has 1 aromatic heterocycles. The summed E-state index contributed by atoms with van der Waals surface area (Å²) < 4.78 is 5.77. The Labute approximate surface area is 117 Å². The Morgan fingerprint density at radius 3 is 2.68 bits per heavy atom. The normalized spacial score (nSPS) is 10.6.